The molecule has 2 aromatic carbocycles. The van der Waals surface area contributed by atoms with Gasteiger partial charge in [-0.05, 0) is 46.3 Å². The van der Waals surface area contributed by atoms with Crippen LogP contribution in [-0.4, -0.2) is 0 Å². The van der Waals surface area contributed by atoms with Gasteiger partial charge < -0.3 is 11.5 Å². The maximum Gasteiger partial charge on any atom is 0.143 e. The first kappa shape index (κ1) is 16.4. The van der Waals surface area contributed by atoms with Crippen molar-refractivity contribution in [3.05, 3.63) is 57.6 Å². The molecule has 0 heterocycles. The lowest BCUT2D eigenvalue weighted by Crippen LogP contribution is -1.91. The molecule has 0 aromatic heterocycles. The Morgan fingerprint density at radius 2 is 1.48 bits per heavy atom. The van der Waals surface area contributed by atoms with Crippen LogP contribution in [0.3, 0.4) is 0 Å². The summed E-state index contributed by atoms with van der Waals surface area (Å²) in [5.41, 5.74) is 11.2. The van der Waals surface area contributed by atoms with E-state index in [1.807, 2.05) is 0 Å². The zero-order chi connectivity index (χ0) is 16.0. The first-order chi connectivity index (χ1) is 9.88. The molecule has 0 aliphatic rings. The quantitative estimate of drug-likeness (QED) is 0.711. The second kappa shape index (κ2) is 7.22. The zero-order valence-electron chi connectivity index (χ0n) is 10.6. The van der Waals surface area contributed by atoms with Gasteiger partial charge in [0, 0.05) is 15.8 Å². The summed E-state index contributed by atoms with van der Waals surface area (Å²) in [6.45, 7) is 0. The van der Waals surface area contributed by atoms with E-state index in [4.69, 9.17) is 22.0 Å². The Kier molecular flexibility index (Phi) is 5.65. The molecule has 7 heteroatoms. The standard InChI is InChI=1S/C7H4BrFN2.C7H5FN2/c8-5-1-4(3-10)6(9)2-7(5)11;8-7-3-6(10)2-1-5(7)4-9/h1-2H,11H2;1-3H,10H2. The molecule has 0 unspecified atom stereocenters. The third-order valence-electron chi connectivity index (χ3n) is 2.32. The number of rotatable bonds is 0. The van der Waals surface area contributed by atoms with Crippen LogP contribution in [0.15, 0.2) is 34.8 Å². The Hall–Kier alpha value is -2.64. The minimum atomic E-state index is -0.590. The molecule has 0 radical (unpaired) electrons. The maximum absolute atomic E-state index is 12.7. The van der Waals surface area contributed by atoms with Crippen LogP contribution < -0.4 is 11.5 Å². The van der Waals surface area contributed by atoms with Gasteiger partial charge in [0.2, 0.25) is 0 Å². The molecule has 2 aromatic rings. The first-order valence-electron chi connectivity index (χ1n) is 5.48. The maximum atomic E-state index is 12.7. The number of nitrogens with two attached hydrogens (primary N) is 2. The Bertz CT molecular complexity index is 748. The summed E-state index contributed by atoms with van der Waals surface area (Å²) < 4.78 is 25.8. The van der Waals surface area contributed by atoms with E-state index in [0.717, 1.165) is 12.1 Å². The van der Waals surface area contributed by atoms with E-state index < -0.39 is 11.6 Å². The average Bonchev–Trinajstić information content (AvgIpc) is 2.44. The van der Waals surface area contributed by atoms with E-state index in [9.17, 15) is 8.78 Å². The summed E-state index contributed by atoms with van der Waals surface area (Å²) in [4.78, 5) is 0. The fraction of sp³-hybridized carbons (Fsp3) is 0. The molecule has 0 spiro atoms. The highest BCUT2D eigenvalue weighted by Gasteiger charge is 2.04. The van der Waals surface area contributed by atoms with Gasteiger partial charge >= 0.3 is 0 Å². The van der Waals surface area contributed by atoms with Crippen molar-refractivity contribution in [2.24, 2.45) is 0 Å². The van der Waals surface area contributed by atoms with E-state index in [-0.39, 0.29) is 11.1 Å². The van der Waals surface area contributed by atoms with Gasteiger partial charge in [0.1, 0.15) is 23.8 Å². The van der Waals surface area contributed by atoms with Crippen LogP contribution in [0.2, 0.25) is 0 Å². The number of nitriles is 2. The summed E-state index contributed by atoms with van der Waals surface area (Å²) in [5, 5.41) is 16.7. The van der Waals surface area contributed by atoms with E-state index >= 15 is 0 Å². The molecule has 0 fully saturated rings. The summed E-state index contributed by atoms with van der Waals surface area (Å²) in [5.74, 6) is -1.16. The topological polar surface area (TPSA) is 99.6 Å². The highest BCUT2D eigenvalue weighted by Crippen LogP contribution is 2.22. The van der Waals surface area contributed by atoms with E-state index in [2.05, 4.69) is 15.9 Å². The van der Waals surface area contributed by atoms with E-state index in [1.54, 1.807) is 12.1 Å². The molecule has 4 N–H and O–H groups in total. The predicted octanol–water partition coefficient (Wildman–Crippen LogP) is 3.32. The Labute approximate surface area is 128 Å². The predicted molar refractivity (Wildman–Crippen MR) is 78.8 cm³/mol. The van der Waals surface area contributed by atoms with Gasteiger partial charge in [0.05, 0.1) is 11.1 Å². The molecule has 0 saturated heterocycles. The molecule has 0 aliphatic carbocycles. The number of halogens is 3. The van der Waals surface area contributed by atoms with Gasteiger partial charge in [-0.25, -0.2) is 8.78 Å². The molecule has 0 saturated carbocycles. The van der Waals surface area contributed by atoms with Crippen LogP contribution in [0.5, 0.6) is 0 Å². The Morgan fingerprint density at radius 3 is 2.00 bits per heavy atom. The van der Waals surface area contributed by atoms with Crippen molar-refractivity contribution in [3.8, 4) is 12.1 Å². The van der Waals surface area contributed by atoms with E-state index in [1.165, 1.54) is 18.2 Å². The summed E-state index contributed by atoms with van der Waals surface area (Å²) in [7, 11) is 0. The first-order valence-corrected chi connectivity index (χ1v) is 6.28. The lowest BCUT2D eigenvalue weighted by Gasteiger charge is -1.98. The molecular weight excluding hydrogens is 342 g/mol. The van der Waals surface area contributed by atoms with Gasteiger partial charge in [-0.2, -0.15) is 10.5 Å². The van der Waals surface area contributed by atoms with Crippen molar-refractivity contribution in [3.63, 3.8) is 0 Å². The van der Waals surface area contributed by atoms with Crippen molar-refractivity contribution in [2.75, 3.05) is 11.5 Å². The molecule has 0 amide bonds. The van der Waals surface area contributed by atoms with Crippen LogP contribution >= 0.6 is 15.9 Å². The van der Waals surface area contributed by atoms with Crippen LogP contribution in [-0.2, 0) is 0 Å². The third-order valence-corrected chi connectivity index (χ3v) is 3.01. The number of hydrogen-bond donors (Lipinski definition) is 2. The van der Waals surface area contributed by atoms with Crippen LogP contribution in [0.4, 0.5) is 20.2 Å². The van der Waals surface area contributed by atoms with Gasteiger partial charge in [0.25, 0.3) is 0 Å². The van der Waals surface area contributed by atoms with Gasteiger partial charge in [0.15, 0.2) is 0 Å². The van der Waals surface area contributed by atoms with E-state index in [0.29, 0.717) is 15.8 Å². The van der Waals surface area contributed by atoms with Gasteiger partial charge in [-0.3, -0.25) is 0 Å². The molecule has 106 valence electrons. The van der Waals surface area contributed by atoms with Crippen molar-refractivity contribution < 1.29 is 8.78 Å². The smallest absolute Gasteiger partial charge is 0.143 e. The zero-order valence-corrected chi connectivity index (χ0v) is 12.2. The SMILES string of the molecule is N#Cc1cc(Br)c(N)cc1F.N#Cc1ccc(N)cc1F. The highest BCUT2D eigenvalue weighted by atomic mass is 79.9. The molecule has 0 aliphatic heterocycles. The summed E-state index contributed by atoms with van der Waals surface area (Å²) in [6.07, 6.45) is 0. The lowest BCUT2D eigenvalue weighted by molar-refractivity contribution is 0.624. The number of anilines is 2. The molecule has 0 atom stereocenters. The normalized spacial score (nSPS) is 9.00. The molecule has 4 nitrogen and oxygen atoms in total. The lowest BCUT2D eigenvalue weighted by atomic mass is 10.2. The fourth-order valence-electron chi connectivity index (χ4n) is 1.27. The number of benzene rings is 2. The monoisotopic (exact) mass is 350 g/mol. The van der Waals surface area contributed by atoms with Crippen molar-refractivity contribution in [1.29, 1.82) is 10.5 Å². The van der Waals surface area contributed by atoms with Gasteiger partial charge in [-0.1, -0.05) is 0 Å². The van der Waals surface area contributed by atoms with Gasteiger partial charge in [-0.15, -0.1) is 0 Å². The van der Waals surface area contributed by atoms with Crippen molar-refractivity contribution in [1.82, 2.24) is 0 Å². The Balaban J connectivity index is 0.000000211. The number of hydrogen-bond acceptors (Lipinski definition) is 4. The molecular formula is C14H9BrF2N4. The Morgan fingerprint density at radius 1 is 0.905 bits per heavy atom. The molecule has 21 heavy (non-hydrogen) atoms. The highest BCUT2D eigenvalue weighted by molar-refractivity contribution is 9.10. The second-order valence-corrected chi connectivity index (χ2v) is 4.67. The minimum absolute atomic E-state index is 0.00826. The van der Waals surface area contributed by atoms with Crippen molar-refractivity contribution >= 4 is 27.3 Å². The average molecular weight is 351 g/mol. The fourth-order valence-corrected chi connectivity index (χ4v) is 1.61. The van der Waals surface area contributed by atoms with Crippen LogP contribution in [0.1, 0.15) is 11.1 Å². The van der Waals surface area contributed by atoms with Crippen LogP contribution in [0, 0.1) is 34.3 Å². The van der Waals surface area contributed by atoms with Crippen LogP contribution in [0.25, 0.3) is 0 Å². The third kappa shape index (κ3) is 4.44. The minimum Gasteiger partial charge on any atom is -0.399 e. The molecule has 2 rings (SSSR count). The largest absolute Gasteiger partial charge is 0.399 e. The van der Waals surface area contributed by atoms with Crippen molar-refractivity contribution in [2.45, 2.75) is 0 Å². The number of nitrogen functional groups attached to an aromatic ring is 2. The number of nitrogens with zero attached hydrogens (tertiary/aromatic N) is 2. The second-order valence-electron chi connectivity index (χ2n) is 3.82. The summed E-state index contributed by atoms with van der Waals surface area (Å²) >= 11 is 3.08. The summed E-state index contributed by atoms with van der Waals surface area (Å²) in [6, 6.07) is 9.82. The molecule has 0 bridgehead atoms.